The van der Waals surface area contributed by atoms with E-state index < -0.39 is 17.8 Å². The SMILES string of the molecule is O=C(O)CCCC(=O)CN1C(=O)C=CC1=O. The van der Waals surface area contributed by atoms with E-state index in [0.717, 1.165) is 17.1 Å². The van der Waals surface area contributed by atoms with Crippen molar-refractivity contribution in [2.24, 2.45) is 0 Å². The Labute approximate surface area is 91.5 Å². The van der Waals surface area contributed by atoms with E-state index in [0.29, 0.717) is 0 Å². The summed E-state index contributed by atoms with van der Waals surface area (Å²) in [6.45, 7) is -0.274. The average Bonchev–Trinajstić information content (AvgIpc) is 2.49. The molecule has 6 nitrogen and oxygen atoms in total. The molecule has 0 aromatic carbocycles. The van der Waals surface area contributed by atoms with E-state index in [1.165, 1.54) is 0 Å². The maximum atomic E-state index is 11.3. The van der Waals surface area contributed by atoms with E-state index in [2.05, 4.69) is 0 Å². The van der Waals surface area contributed by atoms with Gasteiger partial charge in [0, 0.05) is 25.0 Å². The van der Waals surface area contributed by atoms with Crippen LogP contribution in [0.5, 0.6) is 0 Å². The van der Waals surface area contributed by atoms with Crippen molar-refractivity contribution in [1.82, 2.24) is 4.90 Å². The number of Topliss-reactive ketones (excluding diaryl/α,β-unsaturated/α-hetero) is 1. The van der Waals surface area contributed by atoms with Crippen LogP contribution < -0.4 is 0 Å². The van der Waals surface area contributed by atoms with Crippen LogP contribution in [0.15, 0.2) is 12.2 Å². The molecule has 0 radical (unpaired) electrons. The van der Waals surface area contributed by atoms with E-state index in [1.807, 2.05) is 0 Å². The number of carboxylic acids is 1. The van der Waals surface area contributed by atoms with Gasteiger partial charge in [0.25, 0.3) is 11.8 Å². The molecule has 0 saturated heterocycles. The molecule has 0 bridgehead atoms. The molecular weight excluding hydrogens is 214 g/mol. The molecule has 0 aliphatic carbocycles. The third kappa shape index (κ3) is 3.30. The van der Waals surface area contributed by atoms with Gasteiger partial charge >= 0.3 is 5.97 Å². The summed E-state index contributed by atoms with van der Waals surface area (Å²) < 4.78 is 0. The highest BCUT2D eigenvalue weighted by Gasteiger charge is 2.25. The summed E-state index contributed by atoms with van der Waals surface area (Å²) >= 11 is 0. The maximum Gasteiger partial charge on any atom is 0.303 e. The Hall–Kier alpha value is -1.98. The third-order valence-corrected chi connectivity index (χ3v) is 2.08. The molecular formula is C10H11NO5. The van der Waals surface area contributed by atoms with Gasteiger partial charge < -0.3 is 5.11 Å². The highest BCUT2D eigenvalue weighted by molar-refractivity contribution is 6.14. The topological polar surface area (TPSA) is 91.8 Å². The fourth-order valence-corrected chi connectivity index (χ4v) is 1.28. The van der Waals surface area contributed by atoms with E-state index in [1.54, 1.807) is 0 Å². The number of aliphatic carboxylic acids is 1. The molecule has 1 aliphatic rings. The number of hydrogen-bond donors (Lipinski definition) is 1. The van der Waals surface area contributed by atoms with Crippen LogP contribution in [0.2, 0.25) is 0 Å². The van der Waals surface area contributed by atoms with Crippen molar-refractivity contribution >= 4 is 23.6 Å². The van der Waals surface area contributed by atoms with Crippen LogP contribution in [-0.4, -0.2) is 40.1 Å². The standard InChI is InChI=1S/C10H11NO5/c12-7(2-1-3-10(15)16)6-11-8(13)4-5-9(11)14/h4-5H,1-3,6H2,(H,15,16). The molecule has 16 heavy (non-hydrogen) atoms. The largest absolute Gasteiger partial charge is 0.481 e. The van der Waals surface area contributed by atoms with Gasteiger partial charge in [-0.25, -0.2) is 0 Å². The number of amides is 2. The van der Waals surface area contributed by atoms with Crippen molar-refractivity contribution in [1.29, 1.82) is 0 Å². The van der Waals surface area contributed by atoms with Gasteiger partial charge in [-0.15, -0.1) is 0 Å². The van der Waals surface area contributed by atoms with Crippen LogP contribution >= 0.6 is 0 Å². The van der Waals surface area contributed by atoms with Crippen molar-refractivity contribution in [3.05, 3.63) is 12.2 Å². The van der Waals surface area contributed by atoms with E-state index in [4.69, 9.17) is 5.11 Å². The lowest BCUT2D eigenvalue weighted by Crippen LogP contribution is -2.34. The summed E-state index contributed by atoms with van der Waals surface area (Å²) in [5, 5.41) is 8.35. The summed E-state index contributed by atoms with van der Waals surface area (Å²) in [5.74, 6) is -2.29. The minimum Gasteiger partial charge on any atom is -0.481 e. The monoisotopic (exact) mass is 225 g/mol. The second kappa shape index (κ2) is 5.20. The van der Waals surface area contributed by atoms with Crippen LogP contribution in [0.3, 0.4) is 0 Å². The van der Waals surface area contributed by atoms with Gasteiger partial charge in [-0.05, 0) is 6.42 Å². The van der Waals surface area contributed by atoms with Gasteiger partial charge in [-0.2, -0.15) is 0 Å². The third-order valence-electron chi connectivity index (χ3n) is 2.08. The lowest BCUT2D eigenvalue weighted by Gasteiger charge is -2.11. The number of nitrogens with zero attached hydrogens (tertiary/aromatic N) is 1. The number of rotatable bonds is 6. The maximum absolute atomic E-state index is 11.3. The van der Waals surface area contributed by atoms with Crippen molar-refractivity contribution in [2.45, 2.75) is 19.3 Å². The van der Waals surface area contributed by atoms with Crippen molar-refractivity contribution in [3.63, 3.8) is 0 Å². The van der Waals surface area contributed by atoms with E-state index in [9.17, 15) is 19.2 Å². The van der Waals surface area contributed by atoms with Gasteiger partial charge in [0.1, 0.15) is 0 Å². The van der Waals surface area contributed by atoms with Gasteiger partial charge in [0.15, 0.2) is 5.78 Å². The number of carbonyl (C=O) groups is 4. The Bertz CT molecular complexity index is 353. The normalized spacial score (nSPS) is 14.6. The predicted octanol–water partition coefficient (Wildman–Crippen LogP) is -0.265. The molecule has 1 aliphatic heterocycles. The second-order valence-electron chi connectivity index (χ2n) is 3.38. The molecule has 1 N–H and O–H groups in total. The lowest BCUT2D eigenvalue weighted by atomic mass is 10.1. The molecule has 0 spiro atoms. The first kappa shape index (κ1) is 12.1. The Balaban J connectivity index is 2.32. The molecule has 0 unspecified atom stereocenters. The summed E-state index contributed by atoms with van der Waals surface area (Å²) in [4.78, 5) is 44.5. The van der Waals surface area contributed by atoms with Crippen molar-refractivity contribution in [2.75, 3.05) is 6.54 Å². The lowest BCUT2D eigenvalue weighted by molar-refractivity contribution is -0.141. The molecule has 0 atom stereocenters. The Kier molecular flexibility index (Phi) is 3.93. The van der Waals surface area contributed by atoms with Crippen molar-refractivity contribution in [3.8, 4) is 0 Å². The van der Waals surface area contributed by atoms with Crippen LogP contribution in [-0.2, 0) is 19.2 Å². The first-order valence-electron chi connectivity index (χ1n) is 4.77. The fourth-order valence-electron chi connectivity index (χ4n) is 1.28. The van der Waals surface area contributed by atoms with Gasteiger partial charge in [0.05, 0.1) is 6.54 Å². The van der Waals surface area contributed by atoms with Crippen molar-refractivity contribution < 1.29 is 24.3 Å². The summed E-state index contributed by atoms with van der Waals surface area (Å²) in [7, 11) is 0. The van der Waals surface area contributed by atoms with Crippen LogP contribution in [0.25, 0.3) is 0 Å². The minimum absolute atomic E-state index is 0.0589. The molecule has 0 fully saturated rings. The number of carbonyl (C=O) groups excluding carboxylic acids is 3. The zero-order chi connectivity index (χ0) is 12.1. The van der Waals surface area contributed by atoms with E-state index in [-0.39, 0.29) is 31.6 Å². The molecule has 1 rings (SSSR count). The number of ketones is 1. The van der Waals surface area contributed by atoms with E-state index >= 15 is 0 Å². The van der Waals surface area contributed by atoms with Gasteiger partial charge in [0.2, 0.25) is 0 Å². The zero-order valence-corrected chi connectivity index (χ0v) is 8.51. The van der Waals surface area contributed by atoms with Crippen LogP contribution in [0.1, 0.15) is 19.3 Å². The first-order valence-corrected chi connectivity index (χ1v) is 4.77. The minimum atomic E-state index is -0.970. The number of imide groups is 1. The molecule has 0 aromatic heterocycles. The average molecular weight is 225 g/mol. The quantitative estimate of drug-likeness (QED) is 0.628. The number of carboxylic acid groups (broad SMARTS) is 1. The Morgan fingerprint density at radius 3 is 2.19 bits per heavy atom. The van der Waals surface area contributed by atoms with Gasteiger partial charge in [-0.1, -0.05) is 0 Å². The Morgan fingerprint density at radius 1 is 1.12 bits per heavy atom. The van der Waals surface area contributed by atoms with Gasteiger partial charge in [-0.3, -0.25) is 24.1 Å². The summed E-state index contributed by atoms with van der Waals surface area (Å²) in [6.07, 6.45) is 2.40. The summed E-state index contributed by atoms with van der Waals surface area (Å²) in [5.41, 5.74) is 0. The fraction of sp³-hybridized carbons (Fsp3) is 0.400. The molecule has 0 saturated carbocycles. The highest BCUT2D eigenvalue weighted by Crippen LogP contribution is 2.05. The van der Waals surface area contributed by atoms with Crippen LogP contribution in [0.4, 0.5) is 0 Å². The molecule has 2 amide bonds. The molecule has 6 heteroatoms. The second-order valence-corrected chi connectivity index (χ2v) is 3.38. The first-order chi connectivity index (χ1) is 7.50. The molecule has 1 heterocycles. The molecule has 86 valence electrons. The Morgan fingerprint density at radius 2 is 1.69 bits per heavy atom. The molecule has 0 aromatic rings. The smallest absolute Gasteiger partial charge is 0.303 e. The number of hydrogen-bond acceptors (Lipinski definition) is 4. The highest BCUT2D eigenvalue weighted by atomic mass is 16.4. The van der Waals surface area contributed by atoms with Crippen LogP contribution in [0, 0.1) is 0 Å². The summed E-state index contributed by atoms with van der Waals surface area (Å²) in [6, 6.07) is 0. The zero-order valence-electron chi connectivity index (χ0n) is 8.51. The predicted molar refractivity (Wildman–Crippen MR) is 52.4 cm³/mol.